The molecule has 1 aromatic carbocycles. The number of benzene rings is 1. The number of nitrogens with zero attached hydrogens (tertiary/aromatic N) is 1. The number of likely N-dealkylation sites (tertiary alicyclic amines) is 1. The van der Waals surface area contributed by atoms with Gasteiger partial charge in [0.15, 0.2) is 11.5 Å². The highest BCUT2D eigenvalue weighted by Crippen LogP contribution is 2.24. The highest BCUT2D eigenvalue weighted by Gasteiger charge is 2.16. The van der Waals surface area contributed by atoms with Gasteiger partial charge in [0.25, 0.3) is 0 Å². The van der Waals surface area contributed by atoms with Gasteiger partial charge in [0.1, 0.15) is 5.76 Å². The number of carbonyl (C=O) groups excluding carboxylic acids is 1. The number of ketones is 1. The fourth-order valence-corrected chi connectivity index (χ4v) is 2.77. The van der Waals surface area contributed by atoms with E-state index < -0.39 is 0 Å². The standard InChI is InChI=1S/C17H18ClNO2.ClH/c18-14-5-3-13(4-6-14)16-7-8-17(21-16)15(20)9-12-19-10-1-2-11-19;/h3-8H,1-2,9-12H2;1H. The van der Waals surface area contributed by atoms with E-state index in [9.17, 15) is 4.79 Å². The second-order valence-corrected chi connectivity index (χ2v) is 5.83. The monoisotopic (exact) mass is 339 g/mol. The molecule has 0 radical (unpaired) electrons. The largest absolute Gasteiger partial charge is 0.453 e. The lowest BCUT2D eigenvalue weighted by molar-refractivity contribution is 0.0942. The average molecular weight is 340 g/mol. The highest BCUT2D eigenvalue weighted by molar-refractivity contribution is 6.30. The van der Waals surface area contributed by atoms with Crippen LogP contribution in [0, 0.1) is 0 Å². The number of halogens is 2. The van der Waals surface area contributed by atoms with Gasteiger partial charge in [-0.25, -0.2) is 0 Å². The van der Waals surface area contributed by atoms with Gasteiger partial charge in [-0.2, -0.15) is 0 Å². The number of hydrogen-bond donors (Lipinski definition) is 0. The van der Waals surface area contributed by atoms with Gasteiger partial charge in [-0.05, 0) is 62.3 Å². The van der Waals surface area contributed by atoms with Gasteiger partial charge in [0.2, 0.25) is 0 Å². The Morgan fingerprint density at radius 2 is 1.77 bits per heavy atom. The van der Waals surface area contributed by atoms with Crippen LogP contribution in [0.15, 0.2) is 40.8 Å². The molecule has 2 aromatic rings. The van der Waals surface area contributed by atoms with E-state index in [-0.39, 0.29) is 18.2 Å². The Morgan fingerprint density at radius 1 is 1.09 bits per heavy atom. The summed E-state index contributed by atoms with van der Waals surface area (Å²) in [6, 6.07) is 11.0. The first-order chi connectivity index (χ1) is 10.2. The van der Waals surface area contributed by atoms with Crippen molar-refractivity contribution in [3.8, 4) is 11.3 Å². The topological polar surface area (TPSA) is 33.5 Å². The maximum Gasteiger partial charge on any atom is 0.199 e. The number of furan rings is 1. The molecule has 1 saturated heterocycles. The van der Waals surface area contributed by atoms with E-state index in [0.29, 0.717) is 23.0 Å². The van der Waals surface area contributed by atoms with Crippen LogP contribution < -0.4 is 0 Å². The first-order valence-electron chi connectivity index (χ1n) is 7.34. The van der Waals surface area contributed by atoms with Crippen LogP contribution in [-0.2, 0) is 0 Å². The maximum atomic E-state index is 12.2. The Kier molecular flexibility index (Phi) is 6.07. The van der Waals surface area contributed by atoms with E-state index in [0.717, 1.165) is 25.2 Å². The van der Waals surface area contributed by atoms with Crippen molar-refractivity contribution < 1.29 is 9.21 Å². The molecule has 0 unspecified atom stereocenters. The van der Waals surface area contributed by atoms with Crippen molar-refractivity contribution in [3.63, 3.8) is 0 Å². The van der Waals surface area contributed by atoms with Gasteiger partial charge in [0.05, 0.1) is 0 Å². The lowest BCUT2D eigenvalue weighted by Gasteiger charge is -2.12. The summed E-state index contributed by atoms with van der Waals surface area (Å²) in [6.07, 6.45) is 3.01. The smallest absolute Gasteiger partial charge is 0.199 e. The van der Waals surface area contributed by atoms with Crippen molar-refractivity contribution >= 4 is 29.8 Å². The third-order valence-electron chi connectivity index (χ3n) is 3.86. The van der Waals surface area contributed by atoms with Crippen molar-refractivity contribution in [1.29, 1.82) is 0 Å². The van der Waals surface area contributed by atoms with E-state index in [1.807, 2.05) is 30.3 Å². The predicted octanol–water partition coefficient (Wildman–Crippen LogP) is 4.69. The van der Waals surface area contributed by atoms with Crippen LogP contribution >= 0.6 is 24.0 Å². The van der Waals surface area contributed by atoms with Crippen LogP contribution in [0.2, 0.25) is 5.02 Å². The van der Waals surface area contributed by atoms with Crippen LogP contribution in [0.25, 0.3) is 11.3 Å². The van der Waals surface area contributed by atoms with E-state index in [4.69, 9.17) is 16.0 Å². The lowest BCUT2D eigenvalue weighted by Crippen LogP contribution is -2.22. The van der Waals surface area contributed by atoms with Crippen LogP contribution in [0.4, 0.5) is 0 Å². The number of Topliss-reactive ketones (excluding diaryl/α,β-unsaturated/α-hetero) is 1. The van der Waals surface area contributed by atoms with Gasteiger partial charge in [-0.1, -0.05) is 11.6 Å². The summed E-state index contributed by atoms with van der Waals surface area (Å²) in [5.41, 5.74) is 0.929. The minimum atomic E-state index is 0. The Hall–Kier alpha value is -1.29. The summed E-state index contributed by atoms with van der Waals surface area (Å²) in [6.45, 7) is 3.05. The minimum Gasteiger partial charge on any atom is -0.453 e. The lowest BCUT2D eigenvalue weighted by atomic mass is 10.2. The molecule has 1 aliphatic rings. The first-order valence-corrected chi connectivity index (χ1v) is 7.71. The third kappa shape index (κ3) is 4.13. The molecular weight excluding hydrogens is 321 g/mol. The van der Waals surface area contributed by atoms with Gasteiger partial charge in [-0.15, -0.1) is 12.4 Å². The van der Waals surface area contributed by atoms with Gasteiger partial charge < -0.3 is 9.32 Å². The number of hydrogen-bond acceptors (Lipinski definition) is 3. The Balaban J connectivity index is 0.00000176. The number of carbonyl (C=O) groups is 1. The van der Waals surface area contributed by atoms with Gasteiger partial charge in [-0.3, -0.25) is 4.79 Å². The average Bonchev–Trinajstić information content (AvgIpc) is 3.17. The van der Waals surface area contributed by atoms with Crippen LogP contribution in [0.1, 0.15) is 29.8 Å². The summed E-state index contributed by atoms with van der Waals surface area (Å²) in [5.74, 6) is 1.22. The van der Waals surface area contributed by atoms with Crippen LogP contribution in [-0.4, -0.2) is 30.3 Å². The summed E-state index contributed by atoms with van der Waals surface area (Å²) in [7, 11) is 0. The van der Waals surface area contributed by atoms with Crippen molar-refractivity contribution in [3.05, 3.63) is 47.2 Å². The van der Waals surface area contributed by atoms with Crippen molar-refractivity contribution in [2.24, 2.45) is 0 Å². The molecule has 0 spiro atoms. The third-order valence-corrected chi connectivity index (χ3v) is 4.12. The van der Waals surface area contributed by atoms with Crippen molar-refractivity contribution in [2.45, 2.75) is 19.3 Å². The highest BCUT2D eigenvalue weighted by atomic mass is 35.5. The van der Waals surface area contributed by atoms with Gasteiger partial charge in [0, 0.05) is 23.6 Å². The normalized spacial score (nSPS) is 14.8. The maximum absolute atomic E-state index is 12.2. The van der Waals surface area contributed by atoms with Gasteiger partial charge >= 0.3 is 0 Å². The Labute approximate surface area is 141 Å². The zero-order valence-electron chi connectivity index (χ0n) is 12.3. The molecule has 0 aliphatic carbocycles. The van der Waals surface area contributed by atoms with Crippen LogP contribution in [0.3, 0.4) is 0 Å². The Morgan fingerprint density at radius 3 is 2.45 bits per heavy atom. The molecule has 0 saturated carbocycles. The quantitative estimate of drug-likeness (QED) is 0.741. The molecule has 0 amide bonds. The number of rotatable bonds is 5. The molecule has 118 valence electrons. The summed E-state index contributed by atoms with van der Waals surface area (Å²) < 4.78 is 5.68. The Bertz CT molecular complexity index is 616. The fourth-order valence-electron chi connectivity index (χ4n) is 2.65. The molecule has 0 N–H and O–H groups in total. The molecule has 22 heavy (non-hydrogen) atoms. The summed E-state index contributed by atoms with van der Waals surface area (Å²) >= 11 is 5.87. The molecule has 3 nitrogen and oxygen atoms in total. The molecule has 0 bridgehead atoms. The van der Waals surface area contributed by atoms with E-state index >= 15 is 0 Å². The summed E-state index contributed by atoms with van der Waals surface area (Å²) in [4.78, 5) is 14.5. The van der Waals surface area contributed by atoms with Crippen molar-refractivity contribution in [2.75, 3.05) is 19.6 Å². The van der Waals surface area contributed by atoms with E-state index in [1.54, 1.807) is 6.07 Å². The molecule has 3 rings (SSSR count). The zero-order chi connectivity index (χ0) is 14.7. The second kappa shape index (κ2) is 7.82. The molecule has 5 heteroatoms. The molecule has 1 aliphatic heterocycles. The molecule has 0 atom stereocenters. The zero-order valence-corrected chi connectivity index (χ0v) is 13.8. The second-order valence-electron chi connectivity index (χ2n) is 5.39. The first kappa shape index (κ1) is 17.1. The molecule has 1 fully saturated rings. The minimum absolute atomic E-state index is 0. The molecule has 2 heterocycles. The SMILES string of the molecule is Cl.O=C(CCN1CCCC1)c1ccc(-c2ccc(Cl)cc2)o1. The fraction of sp³-hybridized carbons (Fsp3) is 0.353. The van der Waals surface area contributed by atoms with E-state index in [2.05, 4.69) is 4.90 Å². The van der Waals surface area contributed by atoms with E-state index in [1.165, 1.54) is 12.8 Å². The molecule has 1 aromatic heterocycles. The predicted molar refractivity (Wildman–Crippen MR) is 91.0 cm³/mol. The van der Waals surface area contributed by atoms with Crippen molar-refractivity contribution in [1.82, 2.24) is 4.90 Å². The summed E-state index contributed by atoms with van der Waals surface area (Å²) in [5, 5.41) is 0.687. The molecular formula is C17H19Cl2NO2. The van der Waals surface area contributed by atoms with Crippen LogP contribution in [0.5, 0.6) is 0 Å².